The number of thiophene rings is 2. The van der Waals surface area contributed by atoms with Gasteiger partial charge in [-0.05, 0) is 35.9 Å². The molecule has 2 aromatic rings. The first-order valence-electron chi connectivity index (χ1n) is 6.62. The highest BCUT2D eigenvalue weighted by Crippen LogP contribution is 2.39. The lowest BCUT2D eigenvalue weighted by molar-refractivity contribution is 0.426. The molecule has 1 N–H and O–H groups in total. The summed E-state index contributed by atoms with van der Waals surface area (Å²) in [5, 5.41) is 5.89. The minimum absolute atomic E-state index is 0.191. The van der Waals surface area contributed by atoms with Crippen LogP contribution < -0.4 is 5.32 Å². The fourth-order valence-electron chi connectivity index (χ4n) is 2.67. The third-order valence-corrected chi connectivity index (χ3v) is 6.40. The second kappa shape index (κ2) is 5.21. The van der Waals surface area contributed by atoms with E-state index in [1.165, 1.54) is 28.2 Å². The van der Waals surface area contributed by atoms with E-state index in [2.05, 4.69) is 42.7 Å². The lowest BCUT2D eigenvalue weighted by Crippen LogP contribution is -2.34. The monoisotopic (exact) mass is 311 g/mol. The van der Waals surface area contributed by atoms with Crippen molar-refractivity contribution in [2.45, 2.75) is 38.1 Å². The van der Waals surface area contributed by atoms with Gasteiger partial charge in [0, 0.05) is 27.8 Å². The molecule has 0 amide bonds. The summed E-state index contributed by atoms with van der Waals surface area (Å²) in [5.41, 5.74) is 1.62. The summed E-state index contributed by atoms with van der Waals surface area (Å²) in [7, 11) is 0. The standard InChI is InChI=1S/C15H18ClNS2/c1-15(2,13-4-3-7-18-13)9-17-11-5-6-12-10(11)8-14(16)19-12/h3-4,7-8,11,17H,5-6,9H2,1-2H3. The molecule has 1 aliphatic carbocycles. The van der Waals surface area contributed by atoms with Gasteiger partial charge in [-0.3, -0.25) is 0 Å². The van der Waals surface area contributed by atoms with Gasteiger partial charge in [0.1, 0.15) is 0 Å². The Kier molecular flexibility index (Phi) is 3.73. The topological polar surface area (TPSA) is 12.0 Å². The van der Waals surface area contributed by atoms with E-state index in [1.807, 2.05) is 11.3 Å². The van der Waals surface area contributed by atoms with Crippen LogP contribution in [0.15, 0.2) is 23.6 Å². The fraction of sp³-hybridized carbons (Fsp3) is 0.467. The molecule has 0 saturated heterocycles. The van der Waals surface area contributed by atoms with Crippen molar-refractivity contribution in [3.05, 3.63) is 43.2 Å². The van der Waals surface area contributed by atoms with Crippen molar-refractivity contribution in [1.82, 2.24) is 5.32 Å². The van der Waals surface area contributed by atoms with Crippen molar-refractivity contribution in [3.8, 4) is 0 Å². The summed E-state index contributed by atoms with van der Waals surface area (Å²) in [5.74, 6) is 0. The van der Waals surface area contributed by atoms with E-state index in [0.717, 1.165) is 10.9 Å². The van der Waals surface area contributed by atoms with Crippen molar-refractivity contribution >= 4 is 34.3 Å². The molecule has 1 aliphatic rings. The average Bonchev–Trinajstić information content (AvgIpc) is 3.02. The minimum Gasteiger partial charge on any atom is -0.309 e. The van der Waals surface area contributed by atoms with E-state index in [9.17, 15) is 0 Å². The molecule has 0 radical (unpaired) electrons. The zero-order valence-electron chi connectivity index (χ0n) is 11.2. The van der Waals surface area contributed by atoms with Crippen LogP contribution in [0.2, 0.25) is 4.34 Å². The van der Waals surface area contributed by atoms with Gasteiger partial charge in [0.05, 0.1) is 4.34 Å². The van der Waals surface area contributed by atoms with Crippen LogP contribution in [0.3, 0.4) is 0 Å². The maximum absolute atomic E-state index is 6.11. The smallest absolute Gasteiger partial charge is 0.0934 e. The Morgan fingerprint density at radius 2 is 2.32 bits per heavy atom. The number of rotatable bonds is 4. The molecule has 0 saturated carbocycles. The lowest BCUT2D eigenvalue weighted by Gasteiger charge is -2.26. The van der Waals surface area contributed by atoms with Crippen LogP contribution in [0.4, 0.5) is 0 Å². The molecule has 3 rings (SSSR count). The van der Waals surface area contributed by atoms with E-state index in [1.54, 1.807) is 11.3 Å². The van der Waals surface area contributed by atoms with Gasteiger partial charge in [0.15, 0.2) is 0 Å². The van der Waals surface area contributed by atoms with Crippen molar-refractivity contribution in [3.63, 3.8) is 0 Å². The summed E-state index contributed by atoms with van der Waals surface area (Å²) in [6.45, 7) is 5.62. The van der Waals surface area contributed by atoms with Gasteiger partial charge >= 0.3 is 0 Å². The average molecular weight is 312 g/mol. The first-order chi connectivity index (χ1) is 9.06. The Morgan fingerprint density at radius 3 is 3.05 bits per heavy atom. The van der Waals surface area contributed by atoms with Crippen LogP contribution in [0.25, 0.3) is 0 Å². The normalized spacial score (nSPS) is 18.8. The lowest BCUT2D eigenvalue weighted by atomic mass is 9.91. The number of halogens is 1. The molecule has 2 aromatic heterocycles. The Morgan fingerprint density at radius 1 is 1.47 bits per heavy atom. The summed E-state index contributed by atoms with van der Waals surface area (Å²) in [6, 6.07) is 6.99. The maximum atomic E-state index is 6.11. The van der Waals surface area contributed by atoms with Gasteiger partial charge < -0.3 is 5.32 Å². The largest absolute Gasteiger partial charge is 0.309 e. The summed E-state index contributed by atoms with van der Waals surface area (Å²) >= 11 is 9.69. The van der Waals surface area contributed by atoms with Gasteiger partial charge in [-0.1, -0.05) is 31.5 Å². The summed E-state index contributed by atoms with van der Waals surface area (Å²) in [4.78, 5) is 2.91. The van der Waals surface area contributed by atoms with Crippen molar-refractivity contribution < 1.29 is 0 Å². The molecule has 4 heteroatoms. The summed E-state index contributed by atoms with van der Waals surface area (Å²) in [6.07, 6.45) is 2.38. The van der Waals surface area contributed by atoms with Gasteiger partial charge in [0.2, 0.25) is 0 Å². The quantitative estimate of drug-likeness (QED) is 0.836. The number of hydrogen-bond donors (Lipinski definition) is 1. The predicted octanol–water partition coefficient (Wildman–Crippen LogP) is 5.02. The Bertz CT molecular complexity index is 557. The van der Waals surface area contributed by atoms with E-state index in [4.69, 9.17) is 11.6 Å². The molecule has 0 aliphatic heterocycles. The third-order valence-electron chi connectivity index (χ3n) is 3.83. The zero-order chi connectivity index (χ0) is 13.5. The van der Waals surface area contributed by atoms with Crippen LogP contribution >= 0.6 is 34.3 Å². The molecule has 2 heterocycles. The second-order valence-corrected chi connectivity index (χ2v) is 8.48. The third kappa shape index (κ3) is 2.75. The minimum atomic E-state index is 0.191. The van der Waals surface area contributed by atoms with E-state index in [0.29, 0.717) is 6.04 Å². The molecule has 0 bridgehead atoms. The highest BCUT2D eigenvalue weighted by atomic mass is 35.5. The Balaban J connectivity index is 1.67. The van der Waals surface area contributed by atoms with Crippen molar-refractivity contribution in [2.24, 2.45) is 0 Å². The predicted molar refractivity (Wildman–Crippen MR) is 85.7 cm³/mol. The SMILES string of the molecule is CC(C)(CNC1CCc2sc(Cl)cc21)c1cccs1. The zero-order valence-corrected chi connectivity index (χ0v) is 13.6. The Hall–Kier alpha value is -0.350. The van der Waals surface area contributed by atoms with E-state index < -0.39 is 0 Å². The van der Waals surface area contributed by atoms with Gasteiger partial charge in [-0.2, -0.15) is 0 Å². The van der Waals surface area contributed by atoms with Crippen LogP contribution in [-0.2, 0) is 11.8 Å². The molecule has 0 aromatic carbocycles. The van der Waals surface area contributed by atoms with E-state index >= 15 is 0 Å². The molecule has 0 fully saturated rings. The Labute approximate surface area is 127 Å². The molecular formula is C15H18ClNS2. The van der Waals surface area contributed by atoms with E-state index in [-0.39, 0.29) is 5.41 Å². The number of hydrogen-bond acceptors (Lipinski definition) is 3. The van der Waals surface area contributed by atoms with Crippen molar-refractivity contribution in [1.29, 1.82) is 0 Å². The molecule has 19 heavy (non-hydrogen) atoms. The molecule has 1 nitrogen and oxygen atoms in total. The molecule has 1 unspecified atom stereocenters. The first kappa shape index (κ1) is 13.6. The fourth-order valence-corrected chi connectivity index (χ4v) is 4.88. The molecule has 0 spiro atoms. The second-order valence-electron chi connectivity index (χ2n) is 5.76. The summed E-state index contributed by atoms with van der Waals surface area (Å²) < 4.78 is 0.925. The van der Waals surface area contributed by atoms with Crippen LogP contribution in [0, 0.1) is 0 Å². The van der Waals surface area contributed by atoms with Gasteiger partial charge in [-0.25, -0.2) is 0 Å². The highest BCUT2D eigenvalue weighted by molar-refractivity contribution is 7.16. The number of fused-ring (bicyclic) bond motifs is 1. The van der Waals surface area contributed by atoms with Crippen LogP contribution in [0.1, 0.15) is 41.6 Å². The molecular weight excluding hydrogens is 294 g/mol. The maximum Gasteiger partial charge on any atom is 0.0934 e. The molecule has 1 atom stereocenters. The van der Waals surface area contributed by atoms with Crippen LogP contribution in [0.5, 0.6) is 0 Å². The first-order valence-corrected chi connectivity index (χ1v) is 8.69. The number of aryl methyl sites for hydroxylation is 1. The van der Waals surface area contributed by atoms with Gasteiger partial charge in [0.25, 0.3) is 0 Å². The van der Waals surface area contributed by atoms with Gasteiger partial charge in [-0.15, -0.1) is 22.7 Å². The number of nitrogens with one attached hydrogen (secondary N) is 1. The van der Waals surface area contributed by atoms with Crippen molar-refractivity contribution in [2.75, 3.05) is 6.54 Å². The molecule has 102 valence electrons. The van der Waals surface area contributed by atoms with Crippen LogP contribution in [-0.4, -0.2) is 6.54 Å². The highest BCUT2D eigenvalue weighted by Gasteiger charge is 2.28.